The van der Waals surface area contributed by atoms with Crippen molar-refractivity contribution in [3.8, 4) is 0 Å². The van der Waals surface area contributed by atoms with E-state index in [4.69, 9.17) is 10.3 Å². The maximum Gasteiger partial charge on any atom is 0.261 e. The fraction of sp³-hybridized carbons (Fsp3) is 0.0769. The Morgan fingerprint density at radius 2 is 2.26 bits per heavy atom. The van der Waals surface area contributed by atoms with E-state index >= 15 is 0 Å². The molecule has 2 aromatic heterocycles. The number of nitrogens with one attached hydrogen (secondary N) is 1. The van der Waals surface area contributed by atoms with Crippen LogP contribution in [0.25, 0.3) is 10.1 Å². The molecule has 0 aliphatic rings. The summed E-state index contributed by atoms with van der Waals surface area (Å²) in [6.45, 7) is 0.329. The number of thiophene rings is 1. The summed E-state index contributed by atoms with van der Waals surface area (Å²) in [4.78, 5) is 12.7. The molecule has 0 fully saturated rings. The van der Waals surface area contributed by atoms with Crippen molar-refractivity contribution in [2.45, 2.75) is 6.54 Å². The molecule has 0 saturated heterocycles. The van der Waals surface area contributed by atoms with Crippen LogP contribution in [-0.4, -0.2) is 11.1 Å². The van der Waals surface area contributed by atoms with Crippen LogP contribution in [-0.2, 0) is 6.54 Å². The average molecular weight is 273 g/mol. The number of nitrogen functional groups attached to an aromatic ring is 1. The van der Waals surface area contributed by atoms with Crippen molar-refractivity contribution in [1.29, 1.82) is 0 Å². The summed E-state index contributed by atoms with van der Waals surface area (Å²) < 4.78 is 5.96. The molecule has 3 N–H and O–H groups in total. The van der Waals surface area contributed by atoms with Crippen LogP contribution in [0.2, 0.25) is 0 Å². The standard InChI is InChI=1S/C13H11N3O2S/c14-9-1-2-11-8(5-9)6-12(19-11)13(17)15-7-10-3-4-16-18-10/h1-6H,7,14H2,(H,15,17). The van der Waals surface area contributed by atoms with E-state index in [2.05, 4.69) is 10.5 Å². The van der Waals surface area contributed by atoms with Gasteiger partial charge in [0.2, 0.25) is 0 Å². The summed E-state index contributed by atoms with van der Waals surface area (Å²) in [6, 6.07) is 9.16. The number of rotatable bonds is 3. The van der Waals surface area contributed by atoms with Gasteiger partial charge in [0.05, 0.1) is 17.6 Å². The largest absolute Gasteiger partial charge is 0.399 e. The molecule has 0 atom stereocenters. The number of hydrogen-bond acceptors (Lipinski definition) is 5. The Morgan fingerprint density at radius 3 is 3.05 bits per heavy atom. The molecular weight excluding hydrogens is 262 g/mol. The van der Waals surface area contributed by atoms with Crippen LogP contribution in [0.4, 0.5) is 5.69 Å². The second-order valence-corrected chi connectivity index (χ2v) is 5.15. The maximum absolute atomic E-state index is 12.0. The highest BCUT2D eigenvalue weighted by Crippen LogP contribution is 2.27. The molecular formula is C13H11N3O2S. The Hall–Kier alpha value is -2.34. The second kappa shape index (κ2) is 4.74. The van der Waals surface area contributed by atoms with Gasteiger partial charge in [0.15, 0.2) is 5.76 Å². The first-order valence-corrected chi connectivity index (χ1v) is 6.51. The minimum atomic E-state index is -0.129. The number of nitrogens with two attached hydrogens (primary N) is 1. The minimum Gasteiger partial charge on any atom is -0.399 e. The van der Waals surface area contributed by atoms with E-state index in [0.29, 0.717) is 22.9 Å². The quantitative estimate of drug-likeness (QED) is 0.718. The molecule has 0 aliphatic carbocycles. The topological polar surface area (TPSA) is 81.2 Å². The van der Waals surface area contributed by atoms with Gasteiger partial charge < -0.3 is 15.6 Å². The highest BCUT2D eigenvalue weighted by atomic mass is 32.1. The summed E-state index contributed by atoms with van der Waals surface area (Å²) in [7, 11) is 0. The molecule has 5 nitrogen and oxygen atoms in total. The highest BCUT2D eigenvalue weighted by Gasteiger charge is 2.10. The first-order chi connectivity index (χ1) is 9.22. The molecule has 6 heteroatoms. The Morgan fingerprint density at radius 1 is 1.37 bits per heavy atom. The number of anilines is 1. The molecule has 3 aromatic rings. The first kappa shape index (κ1) is 11.7. The number of carbonyl (C=O) groups is 1. The number of hydrogen-bond donors (Lipinski definition) is 2. The minimum absolute atomic E-state index is 0.129. The van der Waals surface area contributed by atoms with E-state index in [0.717, 1.165) is 10.1 Å². The lowest BCUT2D eigenvalue weighted by molar-refractivity contribution is 0.0951. The van der Waals surface area contributed by atoms with Gasteiger partial charge in [-0.2, -0.15) is 0 Å². The summed E-state index contributed by atoms with van der Waals surface area (Å²) in [5, 5.41) is 7.34. The van der Waals surface area contributed by atoms with Crippen LogP contribution in [0, 0.1) is 0 Å². The van der Waals surface area contributed by atoms with Crippen molar-refractivity contribution < 1.29 is 9.32 Å². The number of aromatic nitrogens is 1. The van der Waals surface area contributed by atoms with Gasteiger partial charge in [-0.3, -0.25) is 4.79 Å². The van der Waals surface area contributed by atoms with Gasteiger partial charge in [0.25, 0.3) is 5.91 Å². The number of fused-ring (bicyclic) bond motifs is 1. The fourth-order valence-corrected chi connectivity index (χ4v) is 2.72. The Kier molecular flexibility index (Phi) is 2.92. The van der Waals surface area contributed by atoms with Gasteiger partial charge >= 0.3 is 0 Å². The zero-order valence-electron chi connectivity index (χ0n) is 9.92. The van der Waals surface area contributed by atoms with E-state index in [1.54, 1.807) is 12.3 Å². The predicted molar refractivity (Wildman–Crippen MR) is 73.9 cm³/mol. The van der Waals surface area contributed by atoms with E-state index in [1.165, 1.54) is 11.3 Å². The molecule has 0 spiro atoms. The molecule has 1 aromatic carbocycles. The molecule has 19 heavy (non-hydrogen) atoms. The van der Waals surface area contributed by atoms with Gasteiger partial charge in [-0.25, -0.2) is 0 Å². The highest BCUT2D eigenvalue weighted by molar-refractivity contribution is 7.20. The van der Waals surface area contributed by atoms with Crippen molar-refractivity contribution in [2.75, 3.05) is 5.73 Å². The lowest BCUT2D eigenvalue weighted by Gasteiger charge is -1.98. The molecule has 1 amide bonds. The summed E-state index contributed by atoms with van der Waals surface area (Å²) in [6.07, 6.45) is 1.55. The van der Waals surface area contributed by atoms with E-state index < -0.39 is 0 Å². The van der Waals surface area contributed by atoms with Crippen molar-refractivity contribution in [3.63, 3.8) is 0 Å². The van der Waals surface area contributed by atoms with E-state index in [1.807, 2.05) is 24.3 Å². The molecule has 3 rings (SSSR count). The molecule has 0 saturated carbocycles. The summed E-state index contributed by atoms with van der Waals surface area (Å²) >= 11 is 1.44. The first-order valence-electron chi connectivity index (χ1n) is 5.69. The van der Waals surface area contributed by atoms with Gasteiger partial charge in [0, 0.05) is 16.5 Å². The zero-order valence-corrected chi connectivity index (χ0v) is 10.7. The third-order valence-corrected chi connectivity index (χ3v) is 3.79. The van der Waals surface area contributed by atoms with Crippen molar-refractivity contribution in [2.24, 2.45) is 0 Å². The summed E-state index contributed by atoms with van der Waals surface area (Å²) in [5.41, 5.74) is 6.41. The number of carbonyl (C=O) groups excluding carboxylic acids is 1. The van der Waals surface area contributed by atoms with Gasteiger partial charge in [-0.15, -0.1) is 11.3 Å². The van der Waals surface area contributed by atoms with Gasteiger partial charge in [-0.05, 0) is 29.7 Å². The number of amides is 1. The van der Waals surface area contributed by atoms with Crippen molar-refractivity contribution in [3.05, 3.63) is 47.2 Å². The molecule has 0 aliphatic heterocycles. The normalized spacial score (nSPS) is 10.7. The smallest absolute Gasteiger partial charge is 0.261 e. The van der Waals surface area contributed by atoms with Gasteiger partial charge in [-0.1, -0.05) is 5.16 Å². The zero-order chi connectivity index (χ0) is 13.2. The van der Waals surface area contributed by atoms with Gasteiger partial charge in [0.1, 0.15) is 0 Å². The van der Waals surface area contributed by atoms with Crippen LogP contribution in [0.3, 0.4) is 0 Å². The monoisotopic (exact) mass is 273 g/mol. The molecule has 2 heterocycles. The maximum atomic E-state index is 12.0. The fourth-order valence-electron chi connectivity index (χ4n) is 1.76. The van der Waals surface area contributed by atoms with Crippen LogP contribution < -0.4 is 11.1 Å². The Bertz CT molecular complexity index is 719. The average Bonchev–Trinajstić information content (AvgIpc) is 3.04. The van der Waals surface area contributed by atoms with Crippen molar-refractivity contribution in [1.82, 2.24) is 10.5 Å². The Balaban J connectivity index is 1.77. The second-order valence-electron chi connectivity index (χ2n) is 4.07. The third-order valence-electron chi connectivity index (χ3n) is 2.68. The van der Waals surface area contributed by atoms with Crippen molar-refractivity contribution >= 4 is 33.0 Å². The lowest BCUT2D eigenvalue weighted by Crippen LogP contribution is -2.21. The predicted octanol–water partition coefficient (Wildman–Crippen LogP) is 2.40. The van der Waals surface area contributed by atoms with Crippen LogP contribution in [0.1, 0.15) is 15.4 Å². The van der Waals surface area contributed by atoms with E-state index in [9.17, 15) is 4.79 Å². The third kappa shape index (κ3) is 2.43. The van der Waals surface area contributed by atoms with Crippen LogP contribution in [0.15, 0.2) is 41.1 Å². The molecule has 0 bridgehead atoms. The Labute approximate surface area is 113 Å². The number of nitrogens with zero attached hydrogens (tertiary/aromatic N) is 1. The number of benzene rings is 1. The lowest BCUT2D eigenvalue weighted by atomic mass is 10.2. The summed E-state index contributed by atoms with van der Waals surface area (Å²) in [5.74, 6) is 0.495. The van der Waals surface area contributed by atoms with E-state index in [-0.39, 0.29) is 5.91 Å². The van der Waals surface area contributed by atoms with Crippen LogP contribution >= 0.6 is 11.3 Å². The van der Waals surface area contributed by atoms with Crippen LogP contribution in [0.5, 0.6) is 0 Å². The SMILES string of the molecule is Nc1ccc2sc(C(=O)NCc3ccno3)cc2c1. The molecule has 0 radical (unpaired) electrons. The molecule has 0 unspecified atom stereocenters. The molecule has 96 valence electrons.